The van der Waals surface area contributed by atoms with Gasteiger partial charge in [0.2, 0.25) is 0 Å². The van der Waals surface area contributed by atoms with Crippen molar-refractivity contribution in [3.63, 3.8) is 0 Å². The molecule has 1 atom stereocenters. The van der Waals surface area contributed by atoms with Crippen LogP contribution in [0.1, 0.15) is 64.0 Å². The van der Waals surface area contributed by atoms with Crippen LogP contribution in [-0.4, -0.2) is 13.1 Å². The van der Waals surface area contributed by atoms with E-state index in [-0.39, 0.29) is 6.04 Å². The minimum absolute atomic E-state index is 0.175. The van der Waals surface area contributed by atoms with Crippen molar-refractivity contribution in [3.8, 4) is 0 Å². The molecule has 2 N–H and O–H groups in total. The number of hydrogen-bond donors (Lipinski definition) is 1. The first-order chi connectivity index (χ1) is 9.65. The van der Waals surface area contributed by atoms with Crippen LogP contribution in [0.2, 0.25) is 0 Å². The lowest BCUT2D eigenvalue weighted by molar-refractivity contribution is 0.313. The van der Waals surface area contributed by atoms with Gasteiger partial charge in [-0.3, -0.25) is 0 Å². The number of hydrogen-bond acceptors (Lipinski definition) is 2. The van der Waals surface area contributed by atoms with Crippen molar-refractivity contribution < 1.29 is 0 Å². The van der Waals surface area contributed by atoms with Crippen LogP contribution in [0.5, 0.6) is 0 Å². The first-order valence-electron chi connectivity index (χ1n) is 8.24. The van der Waals surface area contributed by atoms with E-state index < -0.39 is 0 Å². The number of benzene rings is 1. The van der Waals surface area contributed by atoms with Gasteiger partial charge in [0.25, 0.3) is 0 Å². The Morgan fingerprint density at radius 1 is 1.10 bits per heavy atom. The SMILES string of the molecule is CCC1CCC(N(C)c2ccc(C(N)CC)cc2)CC1. The molecule has 0 radical (unpaired) electrons. The molecule has 1 aliphatic carbocycles. The largest absolute Gasteiger partial charge is 0.372 e. The fourth-order valence-electron chi connectivity index (χ4n) is 3.34. The molecule has 2 rings (SSSR count). The molecular weight excluding hydrogens is 244 g/mol. The second kappa shape index (κ2) is 7.12. The Hall–Kier alpha value is -1.02. The molecule has 1 saturated carbocycles. The molecule has 0 amide bonds. The highest BCUT2D eigenvalue weighted by Gasteiger charge is 2.23. The second-order valence-corrected chi connectivity index (χ2v) is 6.30. The third-order valence-electron chi connectivity index (χ3n) is 5.11. The number of anilines is 1. The maximum absolute atomic E-state index is 6.08. The average molecular weight is 274 g/mol. The van der Waals surface area contributed by atoms with Gasteiger partial charge < -0.3 is 10.6 Å². The molecule has 1 aromatic carbocycles. The summed E-state index contributed by atoms with van der Waals surface area (Å²) < 4.78 is 0. The van der Waals surface area contributed by atoms with Gasteiger partial charge in [0.05, 0.1) is 0 Å². The summed E-state index contributed by atoms with van der Waals surface area (Å²) in [6, 6.07) is 9.74. The molecule has 1 aromatic rings. The molecule has 2 nitrogen and oxygen atoms in total. The molecule has 1 aliphatic rings. The highest BCUT2D eigenvalue weighted by Crippen LogP contribution is 2.31. The van der Waals surface area contributed by atoms with Crippen LogP contribution in [0.15, 0.2) is 24.3 Å². The lowest BCUT2D eigenvalue weighted by atomic mass is 9.84. The van der Waals surface area contributed by atoms with E-state index in [2.05, 4.69) is 50.1 Å². The Labute approximate surface area is 124 Å². The molecular formula is C18H30N2. The maximum atomic E-state index is 6.08. The Morgan fingerprint density at radius 2 is 1.70 bits per heavy atom. The Kier molecular flexibility index (Phi) is 5.47. The average Bonchev–Trinajstić information content (AvgIpc) is 2.53. The Bertz CT molecular complexity index is 390. The molecule has 0 saturated heterocycles. The highest BCUT2D eigenvalue weighted by molar-refractivity contribution is 5.48. The van der Waals surface area contributed by atoms with Gasteiger partial charge in [-0.05, 0) is 55.7 Å². The van der Waals surface area contributed by atoms with Gasteiger partial charge in [0.1, 0.15) is 0 Å². The first-order valence-corrected chi connectivity index (χ1v) is 8.24. The summed E-state index contributed by atoms with van der Waals surface area (Å²) in [5.74, 6) is 0.963. The highest BCUT2D eigenvalue weighted by atomic mass is 15.1. The van der Waals surface area contributed by atoms with Crippen LogP contribution >= 0.6 is 0 Å². The predicted molar refractivity (Wildman–Crippen MR) is 88.1 cm³/mol. The Morgan fingerprint density at radius 3 is 2.20 bits per heavy atom. The fraction of sp³-hybridized carbons (Fsp3) is 0.667. The third-order valence-corrected chi connectivity index (χ3v) is 5.11. The number of nitrogens with two attached hydrogens (primary N) is 1. The van der Waals surface area contributed by atoms with Gasteiger partial charge in [-0.2, -0.15) is 0 Å². The standard InChI is InChI=1S/C18H30N2/c1-4-14-6-10-16(11-7-14)20(3)17-12-8-15(9-13-17)18(19)5-2/h8-9,12-14,16,18H,4-7,10-11,19H2,1-3H3. The van der Waals surface area contributed by atoms with Gasteiger partial charge in [0, 0.05) is 24.8 Å². The van der Waals surface area contributed by atoms with Crippen molar-refractivity contribution >= 4 is 5.69 Å². The molecule has 0 aromatic heterocycles. The molecule has 20 heavy (non-hydrogen) atoms. The van der Waals surface area contributed by atoms with Crippen molar-refractivity contribution in [2.24, 2.45) is 11.7 Å². The van der Waals surface area contributed by atoms with E-state index >= 15 is 0 Å². The van der Waals surface area contributed by atoms with E-state index in [0.29, 0.717) is 6.04 Å². The summed E-state index contributed by atoms with van der Waals surface area (Å²) in [5, 5.41) is 0. The summed E-state index contributed by atoms with van der Waals surface area (Å²) in [5.41, 5.74) is 8.66. The lowest BCUT2D eigenvalue weighted by Gasteiger charge is -2.36. The van der Waals surface area contributed by atoms with E-state index in [9.17, 15) is 0 Å². The molecule has 0 aliphatic heterocycles. The summed E-state index contributed by atoms with van der Waals surface area (Å²) >= 11 is 0. The van der Waals surface area contributed by atoms with Gasteiger partial charge in [-0.1, -0.05) is 32.4 Å². The van der Waals surface area contributed by atoms with E-state index in [0.717, 1.165) is 12.3 Å². The van der Waals surface area contributed by atoms with Crippen LogP contribution in [0.4, 0.5) is 5.69 Å². The van der Waals surface area contributed by atoms with Gasteiger partial charge >= 0.3 is 0 Å². The van der Waals surface area contributed by atoms with Crippen LogP contribution in [0, 0.1) is 5.92 Å². The summed E-state index contributed by atoms with van der Waals surface area (Å²) in [7, 11) is 2.24. The van der Waals surface area contributed by atoms with Crippen LogP contribution in [0.25, 0.3) is 0 Å². The minimum Gasteiger partial charge on any atom is -0.372 e. The maximum Gasteiger partial charge on any atom is 0.0366 e. The van der Waals surface area contributed by atoms with Gasteiger partial charge in [-0.15, -0.1) is 0 Å². The van der Waals surface area contributed by atoms with E-state index in [4.69, 9.17) is 5.73 Å². The second-order valence-electron chi connectivity index (χ2n) is 6.30. The van der Waals surface area contributed by atoms with Crippen molar-refractivity contribution in [3.05, 3.63) is 29.8 Å². The molecule has 2 heteroatoms. The summed E-state index contributed by atoms with van der Waals surface area (Å²) in [6.07, 6.45) is 7.81. The van der Waals surface area contributed by atoms with Crippen molar-refractivity contribution in [1.82, 2.24) is 0 Å². The molecule has 0 spiro atoms. The zero-order chi connectivity index (χ0) is 14.5. The first kappa shape index (κ1) is 15.4. The van der Waals surface area contributed by atoms with Crippen molar-refractivity contribution in [2.45, 2.75) is 64.5 Å². The molecule has 0 heterocycles. The molecule has 1 fully saturated rings. The molecule has 0 bridgehead atoms. The molecule has 112 valence electrons. The quantitative estimate of drug-likeness (QED) is 0.856. The van der Waals surface area contributed by atoms with E-state index in [1.807, 2.05) is 0 Å². The molecule has 1 unspecified atom stereocenters. The van der Waals surface area contributed by atoms with E-state index in [1.165, 1.54) is 43.4 Å². The summed E-state index contributed by atoms with van der Waals surface area (Å²) in [4.78, 5) is 2.47. The van der Waals surface area contributed by atoms with Crippen molar-refractivity contribution in [1.29, 1.82) is 0 Å². The lowest BCUT2D eigenvalue weighted by Crippen LogP contribution is -2.35. The zero-order valence-corrected chi connectivity index (χ0v) is 13.3. The van der Waals surface area contributed by atoms with Crippen LogP contribution < -0.4 is 10.6 Å². The van der Waals surface area contributed by atoms with Crippen molar-refractivity contribution in [2.75, 3.05) is 11.9 Å². The monoisotopic (exact) mass is 274 g/mol. The van der Waals surface area contributed by atoms with E-state index in [1.54, 1.807) is 0 Å². The minimum atomic E-state index is 0.175. The van der Waals surface area contributed by atoms with Crippen LogP contribution in [-0.2, 0) is 0 Å². The number of rotatable bonds is 5. The smallest absolute Gasteiger partial charge is 0.0366 e. The third kappa shape index (κ3) is 3.54. The predicted octanol–water partition coefficient (Wildman–Crippen LogP) is 4.50. The fourth-order valence-corrected chi connectivity index (χ4v) is 3.34. The zero-order valence-electron chi connectivity index (χ0n) is 13.3. The van der Waals surface area contributed by atoms with Gasteiger partial charge in [-0.25, -0.2) is 0 Å². The number of nitrogens with zero attached hydrogens (tertiary/aromatic N) is 1. The summed E-state index contributed by atoms with van der Waals surface area (Å²) in [6.45, 7) is 4.46. The Balaban J connectivity index is 1.97. The van der Waals surface area contributed by atoms with Gasteiger partial charge in [0.15, 0.2) is 0 Å². The van der Waals surface area contributed by atoms with Crippen LogP contribution in [0.3, 0.4) is 0 Å². The normalized spacial score (nSPS) is 24.4. The topological polar surface area (TPSA) is 29.3 Å².